The molecule has 0 atom stereocenters. The number of rotatable bonds is 3. The van der Waals surface area contributed by atoms with Gasteiger partial charge in [-0.05, 0) is 18.4 Å². The predicted molar refractivity (Wildman–Crippen MR) is 73.8 cm³/mol. The summed E-state index contributed by atoms with van der Waals surface area (Å²) in [5.74, 6) is 0.729. The Morgan fingerprint density at radius 1 is 1.16 bits per heavy atom. The van der Waals surface area contributed by atoms with Gasteiger partial charge in [-0.25, -0.2) is 0 Å². The van der Waals surface area contributed by atoms with Crippen molar-refractivity contribution in [2.24, 2.45) is 0 Å². The fourth-order valence-electron chi connectivity index (χ4n) is 2.95. The van der Waals surface area contributed by atoms with Gasteiger partial charge in [0.15, 0.2) is 0 Å². The molecule has 3 rings (SSSR count). The molecule has 0 aliphatic heterocycles. The minimum Gasteiger partial charge on any atom is -0.310 e. The van der Waals surface area contributed by atoms with Crippen LogP contribution in [0.15, 0.2) is 42.6 Å². The van der Waals surface area contributed by atoms with E-state index in [1.165, 1.54) is 0 Å². The summed E-state index contributed by atoms with van der Waals surface area (Å²) >= 11 is 0. The minimum atomic E-state index is -0.383. The van der Waals surface area contributed by atoms with Crippen LogP contribution in [0.1, 0.15) is 31.2 Å². The lowest BCUT2D eigenvalue weighted by atomic mass is 9.78. The molecule has 19 heavy (non-hydrogen) atoms. The standard InChI is InChI=1S/C15H17N3O/c19-14(17-13-8-11-16-18-13)15(9-4-5-10-15)12-6-2-1-3-7-12/h1-3,6-8,11H,4-5,9-10H2,(H2,16,17,18,19). The maximum atomic E-state index is 12.7. The van der Waals surface area contributed by atoms with Crippen molar-refractivity contribution in [2.45, 2.75) is 31.1 Å². The molecule has 2 N–H and O–H groups in total. The number of hydrogen-bond acceptors (Lipinski definition) is 2. The van der Waals surface area contributed by atoms with E-state index >= 15 is 0 Å². The van der Waals surface area contributed by atoms with Crippen molar-refractivity contribution < 1.29 is 4.79 Å². The second-order valence-corrected chi connectivity index (χ2v) is 5.08. The van der Waals surface area contributed by atoms with Crippen molar-refractivity contribution in [3.63, 3.8) is 0 Å². The molecule has 98 valence electrons. The van der Waals surface area contributed by atoms with Crippen LogP contribution in [-0.4, -0.2) is 16.1 Å². The van der Waals surface area contributed by atoms with E-state index in [2.05, 4.69) is 27.6 Å². The molecule has 1 amide bonds. The van der Waals surface area contributed by atoms with Gasteiger partial charge in [0, 0.05) is 6.07 Å². The van der Waals surface area contributed by atoms with Gasteiger partial charge in [0.05, 0.1) is 11.6 Å². The number of anilines is 1. The maximum Gasteiger partial charge on any atom is 0.236 e. The van der Waals surface area contributed by atoms with Gasteiger partial charge in [-0.1, -0.05) is 43.2 Å². The Labute approximate surface area is 112 Å². The summed E-state index contributed by atoms with van der Waals surface area (Å²) in [7, 11) is 0. The summed E-state index contributed by atoms with van der Waals surface area (Å²) in [5.41, 5.74) is 0.733. The highest BCUT2D eigenvalue weighted by Gasteiger charge is 2.42. The molecular weight excluding hydrogens is 238 g/mol. The lowest BCUT2D eigenvalue weighted by Crippen LogP contribution is -2.38. The molecule has 1 aromatic heterocycles. The number of aromatic amines is 1. The summed E-state index contributed by atoms with van der Waals surface area (Å²) in [6.07, 6.45) is 5.67. The van der Waals surface area contributed by atoms with Crippen molar-refractivity contribution in [2.75, 3.05) is 5.32 Å². The van der Waals surface area contributed by atoms with Crippen LogP contribution in [-0.2, 0) is 10.2 Å². The first-order chi connectivity index (χ1) is 9.31. The summed E-state index contributed by atoms with van der Waals surface area (Å²) in [6.45, 7) is 0. The van der Waals surface area contributed by atoms with Crippen molar-refractivity contribution in [1.82, 2.24) is 10.2 Å². The number of aromatic nitrogens is 2. The third-order valence-electron chi connectivity index (χ3n) is 3.97. The molecule has 4 heteroatoms. The molecule has 4 nitrogen and oxygen atoms in total. The number of benzene rings is 1. The topological polar surface area (TPSA) is 57.8 Å². The number of amides is 1. The van der Waals surface area contributed by atoms with Gasteiger partial charge < -0.3 is 5.32 Å². The number of hydrogen-bond donors (Lipinski definition) is 2. The second-order valence-electron chi connectivity index (χ2n) is 5.08. The zero-order valence-corrected chi connectivity index (χ0v) is 10.7. The van der Waals surface area contributed by atoms with E-state index in [1.807, 2.05) is 18.2 Å². The molecule has 1 heterocycles. The quantitative estimate of drug-likeness (QED) is 0.886. The first-order valence-electron chi connectivity index (χ1n) is 6.68. The molecule has 0 saturated heterocycles. The molecule has 1 aliphatic carbocycles. The van der Waals surface area contributed by atoms with Crippen molar-refractivity contribution >= 4 is 11.7 Å². The fraction of sp³-hybridized carbons (Fsp3) is 0.333. The Kier molecular flexibility index (Phi) is 3.07. The first-order valence-corrected chi connectivity index (χ1v) is 6.68. The normalized spacial score (nSPS) is 17.3. The van der Waals surface area contributed by atoms with Crippen LogP contribution in [0, 0.1) is 0 Å². The van der Waals surface area contributed by atoms with Gasteiger partial charge in [-0.15, -0.1) is 0 Å². The van der Waals surface area contributed by atoms with Gasteiger partial charge in [0.1, 0.15) is 5.82 Å². The van der Waals surface area contributed by atoms with Crippen LogP contribution in [0.3, 0.4) is 0 Å². The van der Waals surface area contributed by atoms with Gasteiger partial charge in [-0.3, -0.25) is 9.89 Å². The first kappa shape index (κ1) is 12.0. The van der Waals surface area contributed by atoms with Crippen molar-refractivity contribution in [1.29, 1.82) is 0 Å². The molecule has 0 unspecified atom stereocenters. The van der Waals surface area contributed by atoms with Gasteiger partial charge in [0.2, 0.25) is 5.91 Å². The Bertz CT molecular complexity index is 542. The number of nitrogens with zero attached hydrogens (tertiary/aromatic N) is 1. The molecule has 1 aromatic carbocycles. The number of carbonyl (C=O) groups is 1. The van der Waals surface area contributed by atoms with Gasteiger partial charge in [-0.2, -0.15) is 5.10 Å². The van der Waals surface area contributed by atoms with Crippen LogP contribution >= 0.6 is 0 Å². The second kappa shape index (κ2) is 4.88. The Hall–Kier alpha value is -2.10. The molecule has 0 spiro atoms. The highest BCUT2D eigenvalue weighted by Crippen LogP contribution is 2.41. The van der Waals surface area contributed by atoms with E-state index in [4.69, 9.17) is 0 Å². The molecule has 0 radical (unpaired) electrons. The molecule has 1 aliphatic rings. The maximum absolute atomic E-state index is 12.7. The predicted octanol–water partition coefficient (Wildman–Crippen LogP) is 2.86. The highest BCUT2D eigenvalue weighted by molar-refractivity contribution is 5.98. The van der Waals surface area contributed by atoms with Crippen molar-refractivity contribution in [3.8, 4) is 0 Å². The third kappa shape index (κ3) is 2.14. The number of H-pyrrole nitrogens is 1. The Morgan fingerprint density at radius 2 is 1.89 bits per heavy atom. The highest BCUT2D eigenvalue weighted by atomic mass is 16.2. The van der Waals surface area contributed by atoms with E-state index in [0.717, 1.165) is 31.2 Å². The fourth-order valence-corrected chi connectivity index (χ4v) is 2.95. The van der Waals surface area contributed by atoms with E-state index in [0.29, 0.717) is 5.82 Å². The van der Waals surface area contributed by atoms with Crippen LogP contribution in [0.2, 0.25) is 0 Å². The van der Waals surface area contributed by atoms with Gasteiger partial charge >= 0.3 is 0 Å². The molecule has 1 saturated carbocycles. The summed E-state index contributed by atoms with van der Waals surface area (Å²) in [5, 5.41) is 9.58. The summed E-state index contributed by atoms with van der Waals surface area (Å²) < 4.78 is 0. The van der Waals surface area contributed by atoms with Gasteiger partial charge in [0.25, 0.3) is 0 Å². The molecule has 0 bridgehead atoms. The van der Waals surface area contributed by atoms with E-state index in [1.54, 1.807) is 12.3 Å². The zero-order valence-electron chi connectivity index (χ0n) is 10.7. The lowest BCUT2D eigenvalue weighted by molar-refractivity contribution is -0.121. The van der Waals surface area contributed by atoms with Crippen LogP contribution in [0.25, 0.3) is 0 Å². The van der Waals surface area contributed by atoms with E-state index in [9.17, 15) is 4.79 Å². The average Bonchev–Trinajstić information content (AvgIpc) is 3.11. The van der Waals surface area contributed by atoms with E-state index < -0.39 is 0 Å². The average molecular weight is 255 g/mol. The van der Waals surface area contributed by atoms with E-state index in [-0.39, 0.29) is 11.3 Å². The van der Waals surface area contributed by atoms with Crippen LogP contribution in [0.5, 0.6) is 0 Å². The largest absolute Gasteiger partial charge is 0.310 e. The summed E-state index contributed by atoms with van der Waals surface area (Å²) in [6, 6.07) is 11.9. The monoisotopic (exact) mass is 255 g/mol. The zero-order chi connectivity index (χ0) is 13.1. The van der Waals surface area contributed by atoms with Crippen LogP contribution < -0.4 is 5.32 Å². The Balaban J connectivity index is 1.90. The molecular formula is C15H17N3O. The Morgan fingerprint density at radius 3 is 2.53 bits per heavy atom. The summed E-state index contributed by atoms with van der Waals surface area (Å²) in [4.78, 5) is 12.7. The van der Waals surface area contributed by atoms with Crippen molar-refractivity contribution in [3.05, 3.63) is 48.2 Å². The lowest BCUT2D eigenvalue weighted by Gasteiger charge is -2.27. The molecule has 2 aromatic rings. The smallest absolute Gasteiger partial charge is 0.236 e. The number of carbonyl (C=O) groups excluding carboxylic acids is 1. The van der Waals surface area contributed by atoms with Crippen LogP contribution in [0.4, 0.5) is 5.82 Å². The molecule has 1 fully saturated rings. The third-order valence-corrected chi connectivity index (χ3v) is 3.97. The minimum absolute atomic E-state index is 0.0699. The SMILES string of the molecule is O=C(Nc1ccn[nH]1)C1(c2ccccc2)CCCC1. The number of nitrogens with one attached hydrogen (secondary N) is 2.